The van der Waals surface area contributed by atoms with Gasteiger partial charge in [0.05, 0.1) is 40.1 Å². The summed E-state index contributed by atoms with van der Waals surface area (Å²) in [5.41, 5.74) is 5.55. The molecule has 1 atom stereocenters. The maximum atomic E-state index is 14.5. The molecular formula is C39H30N4O3S2. The minimum absolute atomic E-state index is 0.190. The second-order valence-electron chi connectivity index (χ2n) is 11.2. The lowest BCUT2D eigenvalue weighted by atomic mass is 9.93. The molecule has 236 valence electrons. The Labute approximate surface area is 285 Å². The third-order valence-corrected chi connectivity index (χ3v) is 10.1. The van der Waals surface area contributed by atoms with E-state index in [1.165, 1.54) is 11.3 Å². The van der Waals surface area contributed by atoms with Gasteiger partial charge in [-0.2, -0.15) is 5.26 Å². The lowest BCUT2D eigenvalue weighted by Gasteiger charge is -2.26. The third-order valence-electron chi connectivity index (χ3n) is 8.39. The van der Waals surface area contributed by atoms with E-state index in [9.17, 15) is 14.9 Å². The molecule has 0 N–H and O–H groups in total. The van der Waals surface area contributed by atoms with Crippen LogP contribution in [0.25, 0.3) is 22.7 Å². The zero-order valence-electron chi connectivity index (χ0n) is 26.3. The van der Waals surface area contributed by atoms with Crippen molar-refractivity contribution in [3.8, 4) is 6.07 Å². The van der Waals surface area contributed by atoms with E-state index in [-0.39, 0.29) is 12.2 Å². The molecule has 1 unspecified atom stereocenters. The fourth-order valence-electron chi connectivity index (χ4n) is 6.16. The van der Waals surface area contributed by atoms with Crippen molar-refractivity contribution < 1.29 is 9.53 Å². The van der Waals surface area contributed by atoms with Gasteiger partial charge >= 0.3 is 5.97 Å². The van der Waals surface area contributed by atoms with Gasteiger partial charge in [-0.05, 0) is 54.6 Å². The van der Waals surface area contributed by atoms with Crippen molar-refractivity contribution in [1.29, 1.82) is 5.26 Å². The first-order valence-electron chi connectivity index (χ1n) is 15.5. The van der Waals surface area contributed by atoms with Crippen molar-refractivity contribution in [2.45, 2.75) is 24.4 Å². The third kappa shape index (κ3) is 5.70. The average Bonchev–Trinajstić information content (AvgIpc) is 3.64. The molecule has 0 radical (unpaired) electrons. The Kier molecular flexibility index (Phi) is 8.68. The number of thioether (sulfide) groups is 1. The number of esters is 1. The minimum atomic E-state index is -0.739. The largest absolute Gasteiger partial charge is 0.463 e. The van der Waals surface area contributed by atoms with Crippen LogP contribution in [0, 0.1) is 11.3 Å². The first-order valence-corrected chi connectivity index (χ1v) is 17.5. The molecule has 0 aliphatic carbocycles. The highest BCUT2D eigenvalue weighted by molar-refractivity contribution is 7.98. The van der Waals surface area contributed by atoms with E-state index in [1.54, 1.807) is 23.3 Å². The van der Waals surface area contributed by atoms with Gasteiger partial charge in [0.2, 0.25) is 0 Å². The van der Waals surface area contributed by atoms with Crippen molar-refractivity contribution in [3.05, 3.63) is 162 Å². The maximum absolute atomic E-state index is 14.5. The zero-order valence-corrected chi connectivity index (χ0v) is 27.9. The summed E-state index contributed by atoms with van der Waals surface area (Å²) in [6.45, 7) is 2.47. The van der Waals surface area contributed by atoms with Crippen LogP contribution in [0.2, 0.25) is 0 Å². The van der Waals surface area contributed by atoms with Crippen LogP contribution >= 0.6 is 23.1 Å². The molecule has 7 nitrogen and oxygen atoms in total. The first kappa shape index (κ1) is 31.2. The van der Waals surface area contributed by atoms with Crippen LogP contribution in [0.15, 0.2) is 130 Å². The van der Waals surface area contributed by atoms with Crippen molar-refractivity contribution in [1.82, 2.24) is 9.13 Å². The lowest BCUT2D eigenvalue weighted by Crippen LogP contribution is -2.40. The van der Waals surface area contributed by atoms with Crippen LogP contribution < -0.4 is 14.9 Å². The summed E-state index contributed by atoms with van der Waals surface area (Å²) in [5, 5.41) is 10.7. The van der Waals surface area contributed by atoms with Gasteiger partial charge in [-0.15, -0.1) is 11.8 Å². The summed E-state index contributed by atoms with van der Waals surface area (Å²) >= 11 is 2.93. The van der Waals surface area contributed by atoms with Crippen LogP contribution in [0.3, 0.4) is 0 Å². The molecule has 48 heavy (non-hydrogen) atoms. The van der Waals surface area contributed by atoms with Gasteiger partial charge in [0.25, 0.3) is 5.56 Å². The van der Waals surface area contributed by atoms with Gasteiger partial charge in [0.1, 0.15) is 0 Å². The standard InChI is InChI=1S/C39H30N4O3S2/c1-3-46-38(45)34-35(25-11-5-4-6-12-25)41-39-43(36(34)26-17-19-30(47-2)20-18-26)37(44)33(48-39)21-29-24-42(32-16-10-9-15-31(29)32)23-28-14-8-7-13-27(28)22-40/h4-21,24,36H,3,23H2,1-2H3. The Balaban J connectivity index is 1.45. The molecule has 3 heterocycles. The highest BCUT2D eigenvalue weighted by atomic mass is 32.2. The molecule has 0 amide bonds. The molecule has 2 aromatic heterocycles. The molecule has 9 heteroatoms. The Morgan fingerprint density at radius 1 is 1.00 bits per heavy atom. The Morgan fingerprint density at radius 3 is 2.48 bits per heavy atom. The topological polar surface area (TPSA) is 89.4 Å². The van der Waals surface area contributed by atoms with E-state index >= 15 is 0 Å². The number of hydrogen-bond donors (Lipinski definition) is 0. The number of nitriles is 1. The monoisotopic (exact) mass is 666 g/mol. The molecule has 4 aromatic carbocycles. The molecule has 0 bridgehead atoms. The number of carbonyl (C=O) groups excluding carboxylic acids is 1. The number of ether oxygens (including phenoxy) is 1. The molecule has 0 saturated heterocycles. The molecule has 6 aromatic rings. The summed E-state index contributed by atoms with van der Waals surface area (Å²) in [4.78, 5) is 34.8. The van der Waals surface area contributed by atoms with Crippen molar-refractivity contribution in [3.63, 3.8) is 0 Å². The van der Waals surface area contributed by atoms with Gasteiger partial charge in [-0.1, -0.05) is 90.2 Å². The second-order valence-corrected chi connectivity index (χ2v) is 13.1. The van der Waals surface area contributed by atoms with Crippen molar-refractivity contribution >= 4 is 51.7 Å². The Bertz CT molecular complexity index is 2430. The predicted octanol–water partition coefficient (Wildman–Crippen LogP) is 6.53. The number of para-hydroxylation sites is 1. The van der Waals surface area contributed by atoms with E-state index < -0.39 is 12.0 Å². The molecule has 0 saturated carbocycles. The van der Waals surface area contributed by atoms with E-state index in [0.29, 0.717) is 32.7 Å². The fraction of sp³-hybridized carbons (Fsp3) is 0.128. The summed E-state index contributed by atoms with van der Waals surface area (Å²) in [6.07, 6.45) is 5.94. The number of aromatic nitrogens is 2. The maximum Gasteiger partial charge on any atom is 0.338 e. The van der Waals surface area contributed by atoms with Gasteiger partial charge in [-0.25, -0.2) is 9.79 Å². The van der Waals surface area contributed by atoms with E-state index in [4.69, 9.17) is 9.73 Å². The molecule has 1 aliphatic rings. The molecule has 7 rings (SSSR count). The normalized spacial score (nSPS) is 14.4. The van der Waals surface area contributed by atoms with E-state index in [0.717, 1.165) is 38.1 Å². The smallest absolute Gasteiger partial charge is 0.338 e. The fourth-order valence-corrected chi connectivity index (χ4v) is 7.56. The Hall–Kier alpha value is -5.43. The average molecular weight is 667 g/mol. The van der Waals surface area contributed by atoms with Gasteiger partial charge in [0.15, 0.2) is 4.80 Å². The number of fused-ring (bicyclic) bond motifs is 2. The number of hydrogen-bond acceptors (Lipinski definition) is 7. The summed E-state index contributed by atoms with van der Waals surface area (Å²) < 4.78 is 9.84. The van der Waals surface area contributed by atoms with Crippen LogP contribution in [0.5, 0.6) is 0 Å². The number of thiazole rings is 1. The van der Waals surface area contributed by atoms with Crippen molar-refractivity contribution in [2.75, 3.05) is 12.9 Å². The molecule has 0 spiro atoms. The number of carbonyl (C=O) groups is 1. The molecule has 0 fully saturated rings. The lowest BCUT2D eigenvalue weighted by molar-refractivity contribution is -0.138. The summed E-state index contributed by atoms with van der Waals surface area (Å²) in [7, 11) is 0. The van der Waals surface area contributed by atoms with Crippen LogP contribution in [0.1, 0.15) is 40.8 Å². The zero-order chi connectivity index (χ0) is 33.2. The molecule has 1 aliphatic heterocycles. The highest BCUT2D eigenvalue weighted by Gasteiger charge is 2.35. The Morgan fingerprint density at radius 2 is 1.73 bits per heavy atom. The summed E-state index contributed by atoms with van der Waals surface area (Å²) in [6, 6.07) is 34.7. The second kappa shape index (κ2) is 13.4. The van der Waals surface area contributed by atoms with Gasteiger partial charge in [0, 0.05) is 39.7 Å². The van der Waals surface area contributed by atoms with Gasteiger partial charge < -0.3 is 9.30 Å². The number of benzene rings is 4. The van der Waals surface area contributed by atoms with Crippen LogP contribution in [-0.4, -0.2) is 28.0 Å². The summed E-state index contributed by atoms with van der Waals surface area (Å²) in [5.74, 6) is -0.506. The van der Waals surface area contributed by atoms with Gasteiger partial charge in [-0.3, -0.25) is 9.36 Å². The predicted molar refractivity (Wildman–Crippen MR) is 191 cm³/mol. The van der Waals surface area contributed by atoms with E-state index in [1.807, 2.05) is 122 Å². The number of nitrogens with zero attached hydrogens (tertiary/aromatic N) is 4. The van der Waals surface area contributed by atoms with Crippen molar-refractivity contribution in [2.24, 2.45) is 4.99 Å². The van der Waals surface area contributed by atoms with Crippen LogP contribution in [0.4, 0.5) is 0 Å². The van der Waals surface area contributed by atoms with E-state index in [2.05, 4.69) is 10.6 Å². The molecular weight excluding hydrogens is 637 g/mol. The first-order chi connectivity index (χ1) is 23.5. The number of rotatable bonds is 8. The SMILES string of the molecule is CCOC(=O)C1=C(c2ccccc2)N=c2sc(=Cc3cn(Cc4ccccc4C#N)c4ccccc34)c(=O)n2C1c1ccc(SC)cc1. The highest BCUT2D eigenvalue weighted by Crippen LogP contribution is 2.36. The minimum Gasteiger partial charge on any atom is -0.463 e. The van der Waals surface area contributed by atoms with Crippen LogP contribution in [-0.2, 0) is 16.1 Å². The quantitative estimate of drug-likeness (QED) is 0.136.